The number of likely N-dealkylation sites (N-methyl/N-ethyl adjacent to an activating group) is 1. The topological polar surface area (TPSA) is 112 Å². The highest BCUT2D eigenvalue weighted by Crippen LogP contribution is 2.21. The summed E-state index contributed by atoms with van der Waals surface area (Å²) in [6, 6.07) is 9.00. The second-order valence-corrected chi connectivity index (χ2v) is 8.40. The van der Waals surface area contributed by atoms with Gasteiger partial charge in [-0.1, -0.05) is 17.7 Å². The van der Waals surface area contributed by atoms with Crippen LogP contribution in [0.1, 0.15) is 5.56 Å². The smallest absolute Gasteiger partial charge is 0.408 e. The van der Waals surface area contributed by atoms with Gasteiger partial charge in [-0.2, -0.15) is 4.31 Å². The number of aromatic nitrogens is 1. The first kappa shape index (κ1) is 19.2. The first-order valence-electron chi connectivity index (χ1n) is 7.82. The number of aromatic amines is 1. The van der Waals surface area contributed by atoms with E-state index in [0.29, 0.717) is 16.2 Å². The Kier molecular flexibility index (Phi) is 5.09. The molecule has 0 aliphatic rings. The number of hydrogen-bond acceptors (Lipinski definition) is 5. The van der Waals surface area contributed by atoms with Gasteiger partial charge < -0.3 is 9.73 Å². The minimum Gasteiger partial charge on any atom is -0.408 e. The highest BCUT2D eigenvalue weighted by atomic mass is 35.5. The van der Waals surface area contributed by atoms with E-state index < -0.39 is 28.2 Å². The van der Waals surface area contributed by atoms with Crippen molar-refractivity contribution in [3.63, 3.8) is 0 Å². The van der Waals surface area contributed by atoms with E-state index in [1.165, 1.54) is 25.2 Å². The fourth-order valence-corrected chi connectivity index (χ4v) is 3.75. The largest absolute Gasteiger partial charge is 0.417 e. The molecule has 2 N–H and O–H groups in total. The lowest BCUT2D eigenvalue weighted by atomic mass is 10.2. The number of halogens is 1. The van der Waals surface area contributed by atoms with Gasteiger partial charge in [0.2, 0.25) is 15.9 Å². The molecule has 142 valence electrons. The summed E-state index contributed by atoms with van der Waals surface area (Å²) in [5.41, 5.74) is 1.84. The molecule has 1 amide bonds. The molecule has 1 aromatic heterocycles. The molecular formula is C17H16ClN3O5S. The lowest BCUT2D eigenvalue weighted by Gasteiger charge is -2.17. The van der Waals surface area contributed by atoms with Crippen molar-refractivity contribution in [1.82, 2.24) is 9.29 Å². The van der Waals surface area contributed by atoms with Gasteiger partial charge in [-0.3, -0.25) is 9.78 Å². The third kappa shape index (κ3) is 4.05. The molecule has 0 fully saturated rings. The molecular weight excluding hydrogens is 394 g/mol. The average molecular weight is 410 g/mol. The molecule has 3 aromatic rings. The van der Waals surface area contributed by atoms with Crippen LogP contribution in [0.15, 0.2) is 50.5 Å². The van der Waals surface area contributed by atoms with Gasteiger partial charge in [0.05, 0.1) is 17.0 Å². The summed E-state index contributed by atoms with van der Waals surface area (Å²) >= 11 is 6.01. The van der Waals surface area contributed by atoms with Gasteiger partial charge in [-0.15, -0.1) is 0 Å². The van der Waals surface area contributed by atoms with Crippen LogP contribution < -0.4 is 11.1 Å². The van der Waals surface area contributed by atoms with Crippen LogP contribution in [0.3, 0.4) is 0 Å². The van der Waals surface area contributed by atoms with Crippen molar-refractivity contribution >= 4 is 44.3 Å². The first-order valence-corrected chi connectivity index (χ1v) is 9.64. The second kappa shape index (κ2) is 7.18. The van der Waals surface area contributed by atoms with Gasteiger partial charge in [0, 0.05) is 23.8 Å². The number of anilines is 1. The minimum absolute atomic E-state index is 0.0913. The van der Waals surface area contributed by atoms with Gasteiger partial charge in [-0.25, -0.2) is 13.2 Å². The number of carbonyl (C=O) groups excluding carboxylic acids is 1. The summed E-state index contributed by atoms with van der Waals surface area (Å²) in [5.74, 6) is -1.20. The summed E-state index contributed by atoms with van der Waals surface area (Å²) in [4.78, 5) is 25.7. The van der Waals surface area contributed by atoms with E-state index in [0.717, 1.165) is 9.87 Å². The molecule has 1 heterocycles. The van der Waals surface area contributed by atoms with Crippen molar-refractivity contribution in [3.8, 4) is 0 Å². The predicted octanol–water partition coefficient (Wildman–Crippen LogP) is 2.34. The quantitative estimate of drug-likeness (QED) is 0.671. The van der Waals surface area contributed by atoms with Crippen LogP contribution in [0.4, 0.5) is 5.69 Å². The van der Waals surface area contributed by atoms with E-state index >= 15 is 0 Å². The predicted molar refractivity (Wildman–Crippen MR) is 101 cm³/mol. The lowest BCUT2D eigenvalue weighted by Crippen LogP contribution is -2.34. The van der Waals surface area contributed by atoms with Crippen LogP contribution in [0.5, 0.6) is 0 Å². The number of carbonyl (C=O) groups is 1. The molecule has 27 heavy (non-hydrogen) atoms. The molecule has 2 aromatic carbocycles. The third-order valence-electron chi connectivity index (χ3n) is 3.92. The van der Waals surface area contributed by atoms with Gasteiger partial charge in [0.15, 0.2) is 5.58 Å². The van der Waals surface area contributed by atoms with E-state index in [2.05, 4.69) is 10.3 Å². The standard InChI is InChI=1S/C17H16ClN3O5S/c1-10-3-4-11(7-13(10)18)19-16(22)9-21(2)27(24,25)12-5-6-14-15(8-12)26-17(23)20-14/h3-8H,9H2,1-2H3,(H,19,22)(H,20,23). The number of nitrogens with one attached hydrogen (secondary N) is 2. The SMILES string of the molecule is Cc1ccc(NC(=O)CN(C)S(=O)(=O)c2ccc3[nH]c(=O)oc3c2)cc1Cl. The van der Waals surface area contributed by atoms with Crippen LogP contribution in [0.25, 0.3) is 11.1 Å². The molecule has 10 heteroatoms. The maximum absolute atomic E-state index is 12.7. The molecule has 0 radical (unpaired) electrons. The first-order chi connectivity index (χ1) is 12.7. The number of aryl methyl sites for hydroxylation is 1. The molecule has 0 spiro atoms. The molecule has 0 aliphatic heterocycles. The van der Waals surface area contributed by atoms with Crippen molar-refractivity contribution in [2.24, 2.45) is 0 Å². The highest BCUT2D eigenvalue weighted by molar-refractivity contribution is 7.89. The Morgan fingerprint density at radius 1 is 1.26 bits per heavy atom. The maximum Gasteiger partial charge on any atom is 0.417 e. The molecule has 0 aliphatic carbocycles. The second-order valence-electron chi connectivity index (χ2n) is 5.95. The molecule has 0 bridgehead atoms. The molecule has 0 atom stereocenters. The zero-order chi connectivity index (χ0) is 19.8. The number of rotatable bonds is 5. The molecule has 3 rings (SSSR count). The van der Waals surface area contributed by atoms with Gasteiger partial charge in [0.1, 0.15) is 0 Å². The van der Waals surface area contributed by atoms with E-state index in [1.807, 2.05) is 6.92 Å². The molecule has 8 nitrogen and oxygen atoms in total. The normalized spacial score (nSPS) is 11.9. The Bertz CT molecular complexity index is 1180. The Hall–Kier alpha value is -2.62. The number of H-pyrrole nitrogens is 1. The molecule has 0 saturated heterocycles. The zero-order valence-corrected chi connectivity index (χ0v) is 16.0. The van der Waals surface area contributed by atoms with E-state index in [4.69, 9.17) is 16.0 Å². The molecule has 0 saturated carbocycles. The summed E-state index contributed by atoms with van der Waals surface area (Å²) < 4.78 is 31.1. The Morgan fingerprint density at radius 2 is 2.00 bits per heavy atom. The number of fused-ring (bicyclic) bond motifs is 1. The summed E-state index contributed by atoms with van der Waals surface area (Å²) in [6.45, 7) is 1.43. The number of oxazole rings is 1. The maximum atomic E-state index is 12.7. The molecule has 0 unspecified atom stereocenters. The average Bonchev–Trinajstić information content (AvgIpc) is 2.97. The fraction of sp³-hybridized carbons (Fsp3) is 0.176. The summed E-state index contributed by atoms with van der Waals surface area (Å²) in [5, 5.41) is 3.10. The Morgan fingerprint density at radius 3 is 2.70 bits per heavy atom. The van der Waals surface area contributed by atoms with Crippen molar-refractivity contribution in [2.45, 2.75) is 11.8 Å². The van der Waals surface area contributed by atoms with Gasteiger partial charge >= 0.3 is 5.76 Å². The van der Waals surface area contributed by atoms with Crippen LogP contribution in [-0.2, 0) is 14.8 Å². The lowest BCUT2D eigenvalue weighted by molar-refractivity contribution is -0.116. The van der Waals surface area contributed by atoms with Crippen LogP contribution in [0, 0.1) is 6.92 Å². The van der Waals surface area contributed by atoms with Crippen LogP contribution in [-0.4, -0.2) is 37.2 Å². The van der Waals surface area contributed by atoms with E-state index in [1.54, 1.807) is 18.2 Å². The monoisotopic (exact) mass is 409 g/mol. The zero-order valence-electron chi connectivity index (χ0n) is 14.4. The summed E-state index contributed by atoms with van der Waals surface area (Å²) in [7, 11) is -2.67. The van der Waals surface area contributed by atoms with Crippen molar-refractivity contribution < 1.29 is 17.6 Å². The van der Waals surface area contributed by atoms with Crippen molar-refractivity contribution in [1.29, 1.82) is 0 Å². The van der Waals surface area contributed by atoms with Crippen molar-refractivity contribution in [2.75, 3.05) is 18.9 Å². The number of sulfonamides is 1. The van der Waals surface area contributed by atoms with Crippen LogP contribution in [0.2, 0.25) is 5.02 Å². The summed E-state index contributed by atoms with van der Waals surface area (Å²) in [6.07, 6.45) is 0. The van der Waals surface area contributed by atoms with Crippen LogP contribution >= 0.6 is 11.6 Å². The fourth-order valence-electron chi connectivity index (χ4n) is 2.42. The van der Waals surface area contributed by atoms with Gasteiger partial charge in [0.25, 0.3) is 0 Å². The Labute approximate surface area is 159 Å². The number of benzene rings is 2. The van der Waals surface area contributed by atoms with Crippen molar-refractivity contribution in [3.05, 3.63) is 57.5 Å². The van der Waals surface area contributed by atoms with E-state index in [-0.39, 0.29) is 10.5 Å². The van der Waals surface area contributed by atoms with E-state index in [9.17, 15) is 18.0 Å². The van der Waals surface area contributed by atoms with Gasteiger partial charge in [-0.05, 0) is 36.8 Å². The minimum atomic E-state index is -3.95. The number of hydrogen-bond donors (Lipinski definition) is 2. The third-order valence-corrected chi connectivity index (χ3v) is 6.13. The highest BCUT2D eigenvalue weighted by Gasteiger charge is 2.24. The number of amides is 1. The number of nitrogens with zero attached hydrogens (tertiary/aromatic N) is 1. The Balaban J connectivity index is 1.76.